The summed E-state index contributed by atoms with van der Waals surface area (Å²) in [7, 11) is 1.40. The number of H-pyrrole nitrogens is 1. The molecule has 4 heterocycles. The van der Waals surface area contributed by atoms with Crippen molar-refractivity contribution in [3.8, 4) is 0 Å². The maximum Gasteiger partial charge on any atom is 0.319 e. The van der Waals surface area contributed by atoms with E-state index in [1.165, 1.54) is 19.4 Å². The standard InChI is InChI=1S/C26H23N5O5/c1-36-24(34)12-6-16-22(28-10-12)20(32)8-21-26(16)9-13(26)11-31(21)23(33)18-7-15-14-4-5-30(25(27)35)19(14)3-2-17(15)29-18/h2-3,6-8,10,13,24,29,34H,4-5,9,11H2,1H3,(H2,27,35)/t13-,24?,26-/m1/s1. The van der Waals surface area contributed by atoms with Crippen LogP contribution in [0.4, 0.5) is 10.5 Å². The fraction of sp³-hybridized carbons (Fsp3) is 0.308. The molecule has 0 bridgehead atoms. The topological polar surface area (TPSA) is 142 Å². The van der Waals surface area contributed by atoms with Crippen molar-refractivity contribution in [1.29, 1.82) is 0 Å². The largest absolute Gasteiger partial charge is 0.364 e. The van der Waals surface area contributed by atoms with Gasteiger partial charge in [-0.1, -0.05) is 0 Å². The molecule has 1 saturated heterocycles. The number of nitrogens with zero attached hydrogens (tertiary/aromatic N) is 3. The van der Waals surface area contributed by atoms with Gasteiger partial charge in [0.1, 0.15) is 11.4 Å². The fourth-order valence-electron chi connectivity index (χ4n) is 6.37. The number of hydrogen-bond donors (Lipinski definition) is 3. The first-order chi connectivity index (χ1) is 17.3. The van der Waals surface area contributed by atoms with E-state index in [-0.39, 0.29) is 17.6 Å². The third-order valence-electron chi connectivity index (χ3n) is 8.16. The Balaban J connectivity index is 1.26. The molecule has 2 aliphatic heterocycles. The molecule has 182 valence electrons. The van der Waals surface area contributed by atoms with Gasteiger partial charge in [0, 0.05) is 65.7 Å². The lowest BCUT2D eigenvalue weighted by molar-refractivity contribution is -0.0772. The van der Waals surface area contributed by atoms with Gasteiger partial charge in [0.05, 0.1) is 0 Å². The van der Waals surface area contributed by atoms with Crippen LogP contribution in [0.2, 0.25) is 0 Å². The highest BCUT2D eigenvalue weighted by molar-refractivity contribution is 6.09. The Morgan fingerprint density at radius 3 is 2.92 bits per heavy atom. The maximum absolute atomic E-state index is 13.7. The number of benzene rings is 1. The van der Waals surface area contributed by atoms with E-state index in [4.69, 9.17) is 10.5 Å². The number of amides is 3. The number of hydrogen-bond acceptors (Lipinski definition) is 6. The first-order valence-corrected chi connectivity index (χ1v) is 11.8. The summed E-state index contributed by atoms with van der Waals surface area (Å²) in [6.07, 6.45) is 3.34. The number of methoxy groups -OCH3 is 1. The lowest BCUT2D eigenvalue weighted by Gasteiger charge is -2.29. The summed E-state index contributed by atoms with van der Waals surface area (Å²) >= 11 is 0. The van der Waals surface area contributed by atoms with Gasteiger partial charge in [0.15, 0.2) is 6.29 Å². The molecule has 4 aliphatic rings. The molecular weight excluding hydrogens is 462 g/mol. The van der Waals surface area contributed by atoms with Gasteiger partial charge in [-0.2, -0.15) is 0 Å². The zero-order valence-electron chi connectivity index (χ0n) is 19.4. The molecule has 0 radical (unpaired) electrons. The second kappa shape index (κ2) is 7.02. The molecule has 3 atom stereocenters. The number of likely N-dealkylation sites (tertiary alicyclic amines) is 1. The van der Waals surface area contributed by atoms with E-state index >= 15 is 0 Å². The number of aliphatic hydroxyl groups excluding tert-OH is 1. The van der Waals surface area contributed by atoms with Crippen LogP contribution in [0, 0.1) is 5.92 Å². The van der Waals surface area contributed by atoms with Crippen molar-refractivity contribution in [2.24, 2.45) is 11.7 Å². The molecule has 36 heavy (non-hydrogen) atoms. The predicted octanol–water partition coefficient (Wildman–Crippen LogP) is 2.14. The van der Waals surface area contributed by atoms with E-state index in [9.17, 15) is 19.5 Å². The molecule has 7 rings (SSSR count). The van der Waals surface area contributed by atoms with Crippen LogP contribution in [0.25, 0.3) is 10.9 Å². The number of ether oxygens (including phenoxy) is 1. The number of pyridine rings is 1. The van der Waals surface area contributed by atoms with E-state index in [1.807, 2.05) is 18.2 Å². The fourth-order valence-corrected chi connectivity index (χ4v) is 6.37. The molecule has 2 fully saturated rings. The van der Waals surface area contributed by atoms with E-state index in [2.05, 4.69) is 9.97 Å². The van der Waals surface area contributed by atoms with Gasteiger partial charge in [-0.3, -0.25) is 19.5 Å². The molecular formula is C26H23N5O5. The summed E-state index contributed by atoms with van der Waals surface area (Å²) in [5, 5.41) is 11.0. The van der Waals surface area contributed by atoms with Crippen molar-refractivity contribution in [3.05, 3.63) is 70.3 Å². The van der Waals surface area contributed by atoms with E-state index < -0.39 is 17.7 Å². The van der Waals surface area contributed by atoms with Crippen LogP contribution in [0.1, 0.15) is 50.4 Å². The number of primary amides is 1. The zero-order chi connectivity index (χ0) is 24.9. The predicted molar refractivity (Wildman–Crippen MR) is 128 cm³/mol. The number of anilines is 1. The van der Waals surface area contributed by atoms with Crippen molar-refractivity contribution >= 4 is 34.3 Å². The minimum Gasteiger partial charge on any atom is -0.364 e. The van der Waals surface area contributed by atoms with E-state index in [1.54, 1.807) is 15.9 Å². The second-order valence-electron chi connectivity index (χ2n) is 9.88. The number of rotatable bonds is 3. The molecule has 1 unspecified atom stereocenters. The summed E-state index contributed by atoms with van der Waals surface area (Å²) in [5.41, 5.74) is 10.3. The molecule has 1 aromatic carbocycles. The molecule has 3 amide bonds. The Labute approximate surface area is 205 Å². The highest BCUT2D eigenvalue weighted by Gasteiger charge is 2.67. The number of nitrogens with two attached hydrogens (primary N) is 1. The average molecular weight is 486 g/mol. The molecule has 1 saturated carbocycles. The van der Waals surface area contributed by atoms with Crippen LogP contribution >= 0.6 is 0 Å². The van der Waals surface area contributed by atoms with Crippen molar-refractivity contribution in [2.75, 3.05) is 25.1 Å². The van der Waals surface area contributed by atoms with E-state index in [0.717, 1.165) is 34.1 Å². The summed E-state index contributed by atoms with van der Waals surface area (Å²) in [6, 6.07) is 6.81. The lowest BCUT2D eigenvalue weighted by atomic mass is 9.83. The third-order valence-corrected chi connectivity index (χ3v) is 8.16. The highest BCUT2D eigenvalue weighted by Crippen LogP contribution is 2.66. The van der Waals surface area contributed by atoms with Crippen molar-refractivity contribution in [2.45, 2.75) is 24.5 Å². The molecule has 2 aromatic heterocycles. The second-order valence-corrected chi connectivity index (χ2v) is 9.88. The van der Waals surface area contributed by atoms with E-state index in [0.29, 0.717) is 42.2 Å². The number of fused-ring (bicyclic) bond motifs is 4. The number of piperidine rings is 1. The minimum atomic E-state index is -1.14. The van der Waals surface area contributed by atoms with Crippen LogP contribution in [-0.2, 0) is 16.6 Å². The monoisotopic (exact) mass is 485 g/mol. The number of allylic oxidation sites excluding steroid dienone is 2. The Bertz CT molecular complexity index is 1560. The third kappa shape index (κ3) is 2.62. The van der Waals surface area contributed by atoms with Crippen LogP contribution in [0.15, 0.2) is 42.2 Å². The normalized spacial score (nSPS) is 24.2. The molecule has 10 heteroatoms. The number of nitrogens with one attached hydrogen (secondary N) is 1. The van der Waals surface area contributed by atoms with Crippen LogP contribution in [0.3, 0.4) is 0 Å². The van der Waals surface area contributed by atoms with Gasteiger partial charge in [0.2, 0.25) is 5.78 Å². The number of urea groups is 1. The van der Waals surface area contributed by atoms with Crippen LogP contribution in [0.5, 0.6) is 0 Å². The molecule has 4 N–H and O–H groups in total. The number of aromatic amines is 1. The van der Waals surface area contributed by atoms with Gasteiger partial charge in [0.25, 0.3) is 5.91 Å². The minimum absolute atomic E-state index is 0.175. The number of aliphatic hydroxyl groups is 1. The molecule has 10 nitrogen and oxygen atoms in total. The average Bonchev–Trinajstić information content (AvgIpc) is 3.21. The van der Waals surface area contributed by atoms with Crippen LogP contribution < -0.4 is 10.6 Å². The molecule has 1 spiro atoms. The Morgan fingerprint density at radius 2 is 2.14 bits per heavy atom. The van der Waals surface area contributed by atoms with Gasteiger partial charge >= 0.3 is 6.03 Å². The quantitative estimate of drug-likeness (QED) is 0.485. The number of carbonyl (C=O) groups is 3. The van der Waals surface area contributed by atoms with Gasteiger partial charge in [-0.05, 0) is 54.2 Å². The van der Waals surface area contributed by atoms with Crippen molar-refractivity contribution < 1.29 is 24.2 Å². The van der Waals surface area contributed by atoms with Gasteiger partial charge in [-0.25, -0.2) is 4.79 Å². The summed E-state index contributed by atoms with van der Waals surface area (Å²) < 4.78 is 5.03. The lowest BCUT2D eigenvalue weighted by Crippen LogP contribution is -2.34. The number of ketones is 1. The Morgan fingerprint density at radius 1 is 1.31 bits per heavy atom. The van der Waals surface area contributed by atoms with Crippen molar-refractivity contribution in [1.82, 2.24) is 14.9 Å². The first-order valence-electron chi connectivity index (χ1n) is 11.8. The van der Waals surface area contributed by atoms with Crippen molar-refractivity contribution in [3.63, 3.8) is 0 Å². The van der Waals surface area contributed by atoms with Crippen LogP contribution in [-0.4, -0.2) is 57.9 Å². The summed E-state index contributed by atoms with van der Waals surface area (Å²) in [5.74, 6) is -0.288. The number of carbonyl (C=O) groups excluding carboxylic acids is 3. The smallest absolute Gasteiger partial charge is 0.319 e. The zero-order valence-corrected chi connectivity index (χ0v) is 19.4. The Kier molecular flexibility index (Phi) is 4.15. The van der Waals surface area contributed by atoms with Gasteiger partial charge in [-0.15, -0.1) is 0 Å². The molecule has 3 aromatic rings. The molecule has 2 aliphatic carbocycles. The number of aromatic nitrogens is 2. The Hall–Kier alpha value is -4.02. The SMILES string of the molecule is COC(O)c1cnc2c(c1)[C@@]13C[C@@H]1CN(C(=O)c1cc4c5c(ccc4[nH]1)N(C(N)=O)CC5)C3=CC2=O. The maximum atomic E-state index is 13.7. The highest BCUT2D eigenvalue weighted by atomic mass is 16.6. The van der Waals surface area contributed by atoms with Gasteiger partial charge < -0.3 is 25.5 Å². The summed E-state index contributed by atoms with van der Waals surface area (Å²) in [6.45, 7) is 1.01. The summed E-state index contributed by atoms with van der Waals surface area (Å²) in [4.78, 5) is 49.3. The first kappa shape index (κ1) is 21.3.